The van der Waals surface area contributed by atoms with Crippen LogP contribution in [-0.4, -0.2) is 50.9 Å². The first-order chi connectivity index (χ1) is 14.1. The third kappa shape index (κ3) is 5.68. The highest BCUT2D eigenvalue weighted by Gasteiger charge is 2.09. The number of aromatic nitrogens is 1. The summed E-state index contributed by atoms with van der Waals surface area (Å²) in [6.45, 7) is 2.14. The quantitative estimate of drug-likeness (QED) is 0.217. The number of carbonyl (C=O) groups excluding carboxylic acids is 1. The van der Waals surface area contributed by atoms with Gasteiger partial charge in [0.2, 0.25) is 0 Å². The second-order valence-electron chi connectivity index (χ2n) is 6.84. The van der Waals surface area contributed by atoms with Crippen LogP contribution < -0.4 is 5.48 Å². The van der Waals surface area contributed by atoms with Gasteiger partial charge in [0.05, 0.1) is 6.61 Å². The minimum Gasteiger partial charge on any atom is -0.508 e. The fourth-order valence-corrected chi connectivity index (χ4v) is 3.27. The third-order valence-electron chi connectivity index (χ3n) is 4.79. The van der Waals surface area contributed by atoms with Gasteiger partial charge in [-0.1, -0.05) is 24.3 Å². The smallest absolute Gasteiger partial charge is 0.267 e. The van der Waals surface area contributed by atoms with Gasteiger partial charge in [-0.05, 0) is 41.3 Å². The molecule has 0 bridgehead atoms. The second kappa shape index (κ2) is 9.88. The molecule has 5 N–H and O–H groups in total. The monoisotopic (exact) mass is 395 g/mol. The standard InChI is InChI=1S/C22H25N3O4/c26-12-11-25(10-9-18-14-23-21-13-19(27)6-7-20(18)21)15-17-3-1-16(2-4-17)5-8-22(28)24-29/h1-8,13-14,23,26-27,29H,9-12,15H2,(H,24,28)/b8-5+. The summed E-state index contributed by atoms with van der Waals surface area (Å²) < 4.78 is 0. The van der Waals surface area contributed by atoms with E-state index in [1.54, 1.807) is 23.7 Å². The number of nitrogens with zero attached hydrogens (tertiary/aromatic N) is 1. The Morgan fingerprint density at radius 1 is 1.14 bits per heavy atom. The number of phenols is 1. The number of hydrogen-bond acceptors (Lipinski definition) is 5. The first-order valence-electron chi connectivity index (χ1n) is 9.42. The number of benzene rings is 2. The van der Waals surface area contributed by atoms with Crippen LogP contribution in [0.3, 0.4) is 0 Å². The number of aliphatic hydroxyl groups is 1. The van der Waals surface area contributed by atoms with Crippen molar-refractivity contribution in [2.75, 3.05) is 19.7 Å². The van der Waals surface area contributed by atoms with Crippen LogP contribution >= 0.6 is 0 Å². The van der Waals surface area contributed by atoms with E-state index in [4.69, 9.17) is 5.21 Å². The van der Waals surface area contributed by atoms with Crippen LogP contribution in [0, 0.1) is 0 Å². The zero-order valence-electron chi connectivity index (χ0n) is 16.0. The summed E-state index contributed by atoms with van der Waals surface area (Å²) in [4.78, 5) is 16.4. The molecule has 1 amide bonds. The number of nitrogens with one attached hydrogen (secondary N) is 2. The fourth-order valence-electron chi connectivity index (χ4n) is 3.27. The maximum atomic E-state index is 11.0. The highest BCUT2D eigenvalue weighted by Crippen LogP contribution is 2.23. The molecule has 152 valence electrons. The van der Waals surface area contributed by atoms with Crippen molar-refractivity contribution in [3.8, 4) is 5.75 Å². The average Bonchev–Trinajstić information content (AvgIpc) is 3.13. The molecular formula is C22H25N3O4. The van der Waals surface area contributed by atoms with Gasteiger partial charge in [-0.15, -0.1) is 0 Å². The molecule has 0 aliphatic rings. The third-order valence-corrected chi connectivity index (χ3v) is 4.79. The number of phenolic OH excluding ortho intramolecular Hbond substituents is 1. The number of amides is 1. The summed E-state index contributed by atoms with van der Waals surface area (Å²) in [5, 5.41) is 28.6. The molecule has 0 saturated carbocycles. The molecule has 0 aliphatic heterocycles. The Bertz CT molecular complexity index is 979. The van der Waals surface area contributed by atoms with Gasteiger partial charge in [0.15, 0.2) is 0 Å². The van der Waals surface area contributed by atoms with Crippen molar-refractivity contribution in [3.63, 3.8) is 0 Å². The number of H-pyrrole nitrogens is 1. The molecule has 0 spiro atoms. The molecule has 0 unspecified atom stereocenters. The number of fused-ring (bicyclic) bond motifs is 1. The number of hydroxylamine groups is 1. The van der Waals surface area contributed by atoms with E-state index < -0.39 is 5.91 Å². The molecule has 0 atom stereocenters. The summed E-state index contributed by atoms with van der Waals surface area (Å²) in [6.07, 6.45) is 5.66. The van der Waals surface area contributed by atoms with Crippen molar-refractivity contribution < 1.29 is 20.2 Å². The van der Waals surface area contributed by atoms with Crippen molar-refractivity contribution in [3.05, 3.63) is 71.4 Å². The molecule has 1 heterocycles. The molecule has 29 heavy (non-hydrogen) atoms. The van der Waals surface area contributed by atoms with Crippen molar-refractivity contribution >= 4 is 22.9 Å². The second-order valence-corrected chi connectivity index (χ2v) is 6.84. The summed E-state index contributed by atoms with van der Waals surface area (Å²) in [6, 6.07) is 13.1. The Labute approximate surface area is 168 Å². The van der Waals surface area contributed by atoms with E-state index in [2.05, 4.69) is 9.88 Å². The normalized spacial score (nSPS) is 11.6. The van der Waals surface area contributed by atoms with Crippen LogP contribution in [0.4, 0.5) is 0 Å². The minimum atomic E-state index is -0.573. The van der Waals surface area contributed by atoms with Gasteiger partial charge in [-0.2, -0.15) is 0 Å². The molecule has 7 nitrogen and oxygen atoms in total. The van der Waals surface area contributed by atoms with Crippen LogP contribution in [0.2, 0.25) is 0 Å². The SMILES string of the molecule is O=C(/C=C/c1ccc(CN(CCO)CCc2c[nH]c3cc(O)ccc23)cc1)NO. The van der Waals surface area contributed by atoms with Gasteiger partial charge in [0.25, 0.3) is 5.91 Å². The molecule has 0 fully saturated rings. The van der Waals surface area contributed by atoms with Crippen LogP contribution in [0.25, 0.3) is 17.0 Å². The largest absolute Gasteiger partial charge is 0.508 e. The lowest BCUT2D eigenvalue weighted by molar-refractivity contribution is -0.124. The maximum absolute atomic E-state index is 11.0. The number of rotatable bonds is 9. The number of aromatic amines is 1. The zero-order valence-corrected chi connectivity index (χ0v) is 16.0. The zero-order chi connectivity index (χ0) is 20.6. The Balaban J connectivity index is 1.62. The van der Waals surface area contributed by atoms with E-state index in [-0.39, 0.29) is 12.4 Å². The van der Waals surface area contributed by atoms with Crippen LogP contribution in [0.1, 0.15) is 16.7 Å². The highest BCUT2D eigenvalue weighted by molar-refractivity contribution is 5.90. The minimum absolute atomic E-state index is 0.0822. The van der Waals surface area contributed by atoms with Crippen LogP contribution in [-0.2, 0) is 17.8 Å². The fraction of sp³-hybridized carbons (Fsp3) is 0.227. The lowest BCUT2D eigenvalue weighted by atomic mass is 10.1. The maximum Gasteiger partial charge on any atom is 0.267 e. The van der Waals surface area contributed by atoms with Crippen LogP contribution in [0.15, 0.2) is 54.7 Å². The van der Waals surface area contributed by atoms with E-state index in [0.717, 1.165) is 35.0 Å². The summed E-state index contributed by atoms with van der Waals surface area (Å²) in [5.41, 5.74) is 5.59. The Morgan fingerprint density at radius 3 is 2.66 bits per heavy atom. The Hall–Kier alpha value is -3.13. The summed E-state index contributed by atoms with van der Waals surface area (Å²) in [7, 11) is 0. The molecule has 0 saturated heterocycles. The first kappa shape index (κ1) is 20.6. The average molecular weight is 395 g/mol. The number of aliphatic hydroxyl groups excluding tert-OH is 1. The predicted molar refractivity (Wildman–Crippen MR) is 111 cm³/mol. The lowest BCUT2D eigenvalue weighted by Gasteiger charge is -2.21. The van der Waals surface area contributed by atoms with Crippen molar-refractivity contribution in [1.82, 2.24) is 15.4 Å². The van der Waals surface area contributed by atoms with Gasteiger partial charge in [-0.25, -0.2) is 5.48 Å². The lowest BCUT2D eigenvalue weighted by Crippen LogP contribution is -2.28. The number of hydrogen-bond donors (Lipinski definition) is 5. The van der Waals surface area contributed by atoms with Crippen LogP contribution in [0.5, 0.6) is 5.75 Å². The molecule has 1 aromatic heterocycles. The van der Waals surface area contributed by atoms with Gasteiger partial charge >= 0.3 is 0 Å². The molecule has 2 aromatic carbocycles. The van der Waals surface area contributed by atoms with E-state index in [0.29, 0.717) is 13.1 Å². The van der Waals surface area contributed by atoms with Gasteiger partial charge in [0.1, 0.15) is 5.75 Å². The van der Waals surface area contributed by atoms with E-state index in [1.165, 1.54) is 11.6 Å². The van der Waals surface area contributed by atoms with Gasteiger partial charge < -0.3 is 15.2 Å². The van der Waals surface area contributed by atoms with Crippen molar-refractivity contribution in [2.24, 2.45) is 0 Å². The molecule has 7 heteroatoms. The van der Waals surface area contributed by atoms with E-state index in [9.17, 15) is 15.0 Å². The molecule has 0 radical (unpaired) electrons. The Morgan fingerprint density at radius 2 is 1.93 bits per heavy atom. The number of aromatic hydroxyl groups is 1. The number of carbonyl (C=O) groups is 1. The molecule has 3 aromatic rings. The molecule has 3 rings (SSSR count). The van der Waals surface area contributed by atoms with Gasteiger partial charge in [0, 0.05) is 48.9 Å². The Kier molecular flexibility index (Phi) is 7.02. The topological polar surface area (TPSA) is 109 Å². The van der Waals surface area contributed by atoms with Crippen molar-refractivity contribution in [2.45, 2.75) is 13.0 Å². The molecule has 0 aliphatic carbocycles. The first-order valence-corrected chi connectivity index (χ1v) is 9.42. The predicted octanol–water partition coefficient (Wildman–Crippen LogP) is 2.43. The molecular weight excluding hydrogens is 370 g/mol. The van der Waals surface area contributed by atoms with E-state index in [1.807, 2.05) is 36.5 Å². The van der Waals surface area contributed by atoms with Gasteiger partial charge in [-0.3, -0.25) is 14.9 Å². The van der Waals surface area contributed by atoms with E-state index >= 15 is 0 Å². The summed E-state index contributed by atoms with van der Waals surface area (Å²) >= 11 is 0. The summed E-state index contributed by atoms with van der Waals surface area (Å²) in [5.74, 6) is -0.334. The highest BCUT2D eigenvalue weighted by atomic mass is 16.5. The van der Waals surface area contributed by atoms with Crippen molar-refractivity contribution in [1.29, 1.82) is 0 Å².